The van der Waals surface area contributed by atoms with Gasteiger partial charge in [0, 0.05) is 23.2 Å². The number of rotatable bonds is 5. The maximum atomic E-state index is 12.5. The molecule has 7 heteroatoms. The van der Waals surface area contributed by atoms with E-state index in [1.807, 2.05) is 49.4 Å². The van der Waals surface area contributed by atoms with Crippen LogP contribution in [0.3, 0.4) is 0 Å². The zero-order valence-electron chi connectivity index (χ0n) is 16.8. The van der Waals surface area contributed by atoms with E-state index in [-0.39, 0.29) is 12.7 Å². The second-order valence-electron chi connectivity index (χ2n) is 7.17. The molecule has 1 aliphatic rings. The van der Waals surface area contributed by atoms with E-state index < -0.39 is 0 Å². The molecule has 0 radical (unpaired) electrons. The van der Waals surface area contributed by atoms with Gasteiger partial charge >= 0.3 is 0 Å². The van der Waals surface area contributed by atoms with Crippen LogP contribution in [0.5, 0.6) is 11.5 Å². The number of aromatic nitrogens is 2. The fourth-order valence-electron chi connectivity index (χ4n) is 3.36. The molecule has 1 aliphatic heterocycles. The maximum Gasteiger partial charge on any atom is 0.251 e. The van der Waals surface area contributed by atoms with Gasteiger partial charge in [0.15, 0.2) is 11.5 Å². The molecule has 3 aromatic carbocycles. The molecule has 0 spiro atoms. The van der Waals surface area contributed by atoms with Gasteiger partial charge in [-0.2, -0.15) is 0 Å². The molecule has 2 heterocycles. The topological polar surface area (TPSA) is 86.5 Å². The lowest BCUT2D eigenvalue weighted by molar-refractivity contribution is 0.0951. The molecule has 0 fully saturated rings. The number of benzene rings is 3. The average molecular weight is 413 g/mol. The van der Waals surface area contributed by atoms with Crippen molar-refractivity contribution in [1.29, 1.82) is 0 Å². The second kappa shape index (κ2) is 7.95. The lowest BCUT2D eigenvalue weighted by Gasteiger charge is -2.07. The standard InChI is InChI=1S/C24H19N3O4/c1-15-4-2-3-5-19(15)24-27-26-23(31-24)18-9-7-17(8-10-18)22(28)25-13-16-6-11-20-21(12-16)30-14-29-20/h2-12H,13-14H2,1H3,(H,25,28). The number of aryl methyl sites for hydroxylation is 1. The Kier molecular flexibility index (Phi) is 4.84. The summed E-state index contributed by atoms with van der Waals surface area (Å²) in [6.45, 7) is 2.61. The molecule has 0 atom stereocenters. The predicted octanol–water partition coefficient (Wildman–Crippen LogP) is 4.37. The summed E-state index contributed by atoms with van der Waals surface area (Å²) in [5, 5.41) is 11.2. The lowest BCUT2D eigenvalue weighted by atomic mass is 10.1. The minimum absolute atomic E-state index is 0.171. The summed E-state index contributed by atoms with van der Waals surface area (Å²) in [5.41, 5.74) is 4.19. The van der Waals surface area contributed by atoms with Gasteiger partial charge in [-0.15, -0.1) is 10.2 Å². The van der Waals surface area contributed by atoms with Gasteiger partial charge in [0.25, 0.3) is 5.91 Å². The number of ether oxygens (including phenoxy) is 2. The van der Waals surface area contributed by atoms with E-state index in [4.69, 9.17) is 13.9 Å². The van der Waals surface area contributed by atoms with Crippen LogP contribution in [-0.2, 0) is 6.54 Å². The normalized spacial score (nSPS) is 12.0. The Labute approximate surface area is 178 Å². The molecule has 1 amide bonds. The summed E-state index contributed by atoms with van der Waals surface area (Å²) < 4.78 is 16.5. The molecule has 4 aromatic rings. The Morgan fingerprint density at radius 3 is 2.55 bits per heavy atom. The maximum absolute atomic E-state index is 12.5. The van der Waals surface area contributed by atoms with Crippen LogP contribution in [-0.4, -0.2) is 22.9 Å². The molecule has 0 aliphatic carbocycles. The van der Waals surface area contributed by atoms with E-state index in [1.165, 1.54) is 0 Å². The SMILES string of the molecule is Cc1ccccc1-c1nnc(-c2ccc(C(=O)NCc3ccc4c(c3)OCO4)cc2)o1. The summed E-state index contributed by atoms with van der Waals surface area (Å²) in [5.74, 6) is 2.12. The third-order valence-corrected chi connectivity index (χ3v) is 5.08. The highest BCUT2D eigenvalue weighted by molar-refractivity contribution is 5.94. The number of carbonyl (C=O) groups is 1. The molecule has 1 N–H and O–H groups in total. The smallest absolute Gasteiger partial charge is 0.251 e. The van der Waals surface area contributed by atoms with Crippen molar-refractivity contribution in [3.63, 3.8) is 0 Å². The molecular weight excluding hydrogens is 394 g/mol. The Morgan fingerprint density at radius 1 is 0.935 bits per heavy atom. The molecule has 0 saturated heterocycles. The van der Waals surface area contributed by atoms with Crippen LogP contribution < -0.4 is 14.8 Å². The van der Waals surface area contributed by atoms with Crippen molar-refractivity contribution in [1.82, 2.24) is 15.5 Å². The van der Waals surface area contributed by atoms with Crippen molar-refractivity contribution in [2.24, 2.45) is 0 Å². The summed E-state index contributed by atoms with van der Waals surface area (Å²) in [6, 6.07) is 20.5. The molecule has 31 heavy (non-hydrogen) atoms. The summed E-state index contributed by atoms with van der Waals surface area (Å²) >= 11 is 0. The highest BCUT2D eigenvalue weighted by atomic mass is 16.7. The van der Waals surface area contributed by atoms with Gasteiger partial charge in [-0.25, -0.2) is 0 Å². The van der Waals surface area contributed by atoms with Crippen molar-refractivity contribution >= 4 is 5.91 Å². The quantitative estimate of drug-likeness (QED) is 0.523. The molecule has 0 unspecified atom stereocenters. The third-order valence-electron chi connectivity index (χ3n) is 5.08. The number of nitrogens with one attached hydrogen (secondary N) is 1. The monoisotopic (exact) mass is 413 g/mol. The number of hydrogen-bond donors (Lipinski definition) is 1. The molecular formula is C24H19N3O4. The first-order valence-corrected chi connectivity index (χ1v) is 9.84. The molecule has 154 valence electrons. The minimum atomic E-state index is -0.171. The molecule has 0 bridgehead atoms. The average Bonchev–Trinajstić information content (AvgIpc) is 3.47. The third kappa shape index (κ3) is 3.85. The van der Waals surface area contributed by atoms with Crippen molar-refractivity contribution in [2.45, 2.75) is 13.5 Å². The summed E-state index contributed by atoms with van der Waals surface area (Å²) in [4.78, 5) is 12.5. The van der Waals surface area contributed by atoms with E-state index in [0.29, 0.717) is 29.6 Å². The Bertz CT molecular complexity index is 1250. The fraction of sp³-hybridized carbons (Fsp3) is 0.125. The van der Waals surface area contributed by atoms with E-state index in [1.54, 1.807) is 24.3 Å². The van der Waals surface area contributed by atoms with Gasteiger partial charge in [-0.1, -0.05) is 24.3 Å². The first-order chi connectivity index (χ1) is 15.2. The zero-order valence-corrected chi connectivity index (χ0v) is 16.8. The van der Waals surface area contributed by atoms with Crippen molar-refractivity contribution in [3.05, 3.63) is 83.4 Å². The molecule has 5 rings (SSSR count). The zero-order chi connectivity index (χ0) is 21.2. The van der Waals surface area contributed by atoms with Gasteiger partial charge in [0.05, 0.1) is 0 Å². The summed E-state index contributed by atoms with van der Waals surface area (Å²) in [6.07, 6.45) is 0. The number of fused-ring (bicyclic) bond motifs is 1. The van der Waals surface area contributed by atoms with Gasteiger partial charge in [-0.05, 0) is 60.5 Å². The van der Waals surface area contributed by atoms with Gasteiger partial charge in [0.1, 0.15) is 0 Å². The number of nitrogens with zero attached hydrogens (tertiary/aromatic N) is 2. The van der Waals surface area contributed by atoms with Crippen LogP contribution in [0.15, 0.2) is 71.1 Å². The molecule has 1 aromatic heterocycles. The Hall–Kier alpha value is -4.13. The number of hydrogen-bond acceptors (Lipinski definition) is 6. The molecule has 0 saturated carbocycles. The van der Waals surface area contributed by atoms with Crippen LogP contribution in [0.2, 0.25) is 0 Å². The van der Waals surface area contributed by atoms with Gasteiger partial charge < -0.3 is 19.2 Å². The Morgan fingerprint density at radius 2 is 1.71 bits per heavy atom. The van der Waals surface area contributed by atoms with E-state index in [2.05, 4.69) is 15.5 Å². The predicted molar refractivity (Wildman–Crippen MR) is 114 cm³/mol. The van der Waals surface area contributed by atoms with Crippen LogP contribution in [0.25, 0.3) is 22.9 Å². The number of carbonyl (C=O) groups excluding carboxylic acids is 1. The van der Waals surface area contributed by atoms with Crippen molar-refractivity contribution < 1.29 is 18.7 Å². The van der Waals surface area contributed by atoms with E-state index in [9.17, 15) is 4.79 Å². The first kappa shape index (κ1) is 18.9. The van der Waals surface area contributed by atoms with Crippen molar-refractivity contribution in [3.8, 4) is 34.4 Å². The van der Waals surface area contributed by atoms with E-state index in [0.717, 1.165) is 28.0 Å². The first-order valence-electron chi connectivity index (χ1n) is 9.84. The largest absolute Gasteiger partial charge is 0.454 e. The lowest BCUT2D eigenvalue weighted by Crippen LogP contribution is -2.22. The fourth-order valence-corrected chi connectivity index (χ4v) is 3.36. The number of amides is 1. The van der Waals surface area contributed by atoms with Crippen LogP contribution in [0, 0.1) is 6.92 Å². The summed E-state index contributed by atoms with van der Waals surface area (Å²) in [7, 11) is 0. The van der Waals surface area contributed by atoms with Gasteiger partial charge in [-0.3, -0.25) is 4.79 Å². The molecule has 7 nitrogen and oxygen atoms in total. The van der Waals surface area contributed by atoms with Crippen LogP contribution in [0.1, 0.15) is 21.5 Å². The van der Waals surface area contributed by atoms with Gasteiger partial charge in [0.2, 0.25) is 18.6 Å². The van der Waals surface area contributed by atoms with Crippen LogP contribution >= 0.6 is 0 Å². The van der Waals surface area contributed by atoms with Crippen LogP contribution in [0.4, 0.5) is 0 Å². The van der Waals surface area contributed by atoms with Crippen molar-refractivity contribution in [2.75, 3.05) is 6.79 Å². The second-order valence-corrected chi connectivity index (χ2v) is 7.17. The van der Waals surface area contributed by atoms with E-state index >= 15 is 0 Å². The Balaban J connectivity index is 1.26. The highest BCUT2D eigenvalue weighted by Crippen LogP contribution is 2.32. The highest BCUT2D eigenvalue weighted by Gasteiger charge is 2.15. The minimum Gasteiger partial charge on any atom is -0.454 e.